The van der Waals surface area contributed by atoms with Crippen molar-refractivity contribution in [3.8, 4) is 0 Å². The van der Waals surface area contributed by atoms with Crippen molar-refractivity contribution in [3.63, 3.8) is 0 Å². The van der Waals surface area contributed by atoms with Gasteiger partial charge in [0.15, 0.2) is 0 Å². The zero-order valence-electron chi connectivity index (χ0n) is 12.3. The van der Waals surface area contributed by atoms with Gasteiger partial charge < -0.3 is 16.2 Å². The van der Waals surface area contributed by atoms with Gasteiger partial charge in [-0.2, -0.15) is 0 Å². The highest BCUT2D eigenvalue weighted by Crippen LogP contribution is 2.17. The molecule has 4 N–H and O–H groups in total. The Balaban J connectivity index is 3.97. The molecule has 5 nitrogen and oxygen atoms in total. The molecule has 0 aliphatic rings. The average molecular weight is 272 g/mol. The fourth-order valence-corrected chi connectivity index (χ4v) is 1.99. The summed E-state index contributed by atoms with van der Waals surface area (Å²) in [4.78, 5) is 22.2. The van der Waals surface area contributed by atoms with Crippen LogP contribution < -0.4 is 11.1 Å². The van der Waals surface area contributed by atoms with E-state index in [-0.39, 0.29) is 18.2 Å². The summed E-state index contributed by atoms with van der Waals surface area (Å²) in [5, 5.41) is 11.5. The fraction of sp³-hybridized carbons (Fsp3) is 0.857. The normalized spacial score (nSPS) is 14.2. The molecule has 0 spiro atoms. The minimum atomic E-state index is -0.757. The molecule has 0 aromatic rings. The molecule has 112 valence electrons. The second-order valence-corrected chi connectivity index (χ2v) is 5.44. The predicted octanol–water partition coefficient (Wildman–Crippen LogP) is 1.76. The molecule has 1 unspecified atom stereocenters. The molecule has 0 rings (SSSR count). The molecule has 0 fully saturated rings. The number of amides is 1. The van der Waals surface area contributed by atoms with Gasteiger partial charge >= 0.3 is 5.97 Å². The number of rotatable bonds is 10. The van der Waals surface area contributed by atoms with Gasteiger partial charge in [-0.3, -0.25) is 9.59 Å². The van der Waals surface area contributed by atoms with E-state index >= 15 is 0 Å². The van der Waals surface area contributed by atoms with Crippen LogP contribution in [0.1, 0.15) is 52.9 Å². The lowest BCUT2D eigenvalue weighted by atomic mass is 9.94. The van der Waals surface area contributed by atoms with Gasteiger partial charge in [0.1, 0.15) is 0 Å². The SMILES string of the molecule is CCCC(CCNC(=O)[C@@H](N)C(C)C)CCC(=O)O. The van der Waals surface area contributed by atoms with Crippen molar-refractivity contribution in [3.05, 3.63) is 0 Å². The van der Waals surface area contributed by atoms with E-state index in [2.05, 4.69) is 12.2 Å². The van der Waals surface area contributed by atoms with Crippen molar-refractivity contribution in [2.75, 3.05) is 6.54 Å². The molecule has 19 heavy (non-hydrogen) atoms. The maximum absolute atomic E-state index is 11.7. The number of carbonyl (C=O) groups excluding carboxylic acids is 1. The number of carboxylic acid groups (broad SMARTS) is 1. The molecule has 0 saturated heterocycles. The summed E-state index contributed by atoms with van der Waals surface area (Å²) in [5.74, 6) is -0.398. The van der Waals surface area contributed by atoms with Crippen LogP contribution >= 0.6 is 0 Å². The number of aliphatic carboxylic acids is 1. The van der Waals surface area contributed by atoms with E-state index in [1.165, 1.54) is 0 Å². The summed E-state index contributed by atoms with van der Waals surface area (Å²) in [6.45, 7) is 6.48. The zero-order valence-corrected chi connectivity index (χ0v) is 12.3. The lowest BCUT2D eigenvalue weighted by molar-refractivity contribution is -0.137. The quantitative estimate of drug-likeness (QED) is 0.565. The molecule has 5 heteroatoms. The maximum atomic E-state index is 11.7. The van der Waals surface area contributed by atoms with Crippen molar-refractivity contribution in [1.29, 1.82) is 0 Å². The van der Waals surface area contributed by atoms with Crippen LogP contribution in [-0.2, 0) is 9.59 Å². The molecule has 0 heterocycles. The van der Waals surface area contributed by atoms with E-state index in [1.54, 1.807) is 0 Å². The fourth-order valence-electron chi connectivity index (χ4n) is 1.99. The predicted molar refractivity (Wildman–Crippen MR) is 75.7 cm³/mol. The van der Waals surface area contributed by atoms with Crippen LogP contribution in [0.15, 0.2) is 0 Å². The summed E-state index contributed by atoms with van der Waals surface area (Å²) in [6.07, 6.45) is 3.72. The summed E-state index contributed by atoms with van der Waals surface area (Å²) in [7, 11) is 0. The van der Waals surface area contributed by atoms with Crippen LogP contribution in [-0.4, -0.2) is 29.6 Å². The lowest BCUT2D eigenvalue weighted by Gasteiger charge is -2.18. The Kier molecular flexibility index (Phi) is 9.21. The molecule has 2 atom stereocenters. The van der Waals surface area contributed by atoms with Gasteiger partial charge in [0.25, 0.3) is 0 Å². The first kappa shape index (κ1) is 17.9. The largest absolute Gasteiger partial charge is 0.481 e. The van der Waals surface area contributed by atoms with Gasteiger partial charge in [-0.25, -0.2) is 0 Å². The van der Waals surface area contributed by atoms with Crippen LogP contribution in [0, 0.1) is 11.8 Å². The molecule has 0 bridgehead atoms. The number of carbonyl (C=O) groups is 2. The summed E-state index contributed by atoms with van der Waals surface area (Å²) in [5.41, 5.74) is 5.74. The van der Waals surface area contributed by atoms with E-state index in [0.717, 1.165) is 19.3 Å². The molecule has 0 saturated carbocycles. The number of nitrogens with two attached hydrogens (primary N) is 1. The Labute approximate surface area is 115 Å². The van der Waals surface area contributed by atoms with Crippen molar-refractivity contribution >= 4 is 11.9 Å². The van der Waals surface area contributed by atoms with E-state index < -0.39 is 12.0 Å². The van der Waals surface area contributed by atoms with Crippen molar-refractivity contribution in [2.45, 2.75) is 58.9 Å². The summed E-state index contributed by atoms with van der Waals surface area (Å²) in [6, 6.07) is -0.469. The first-order valence-corrected chi connectivity index (χ1v) is 7.13. The number of nitrogens with one attached hydrogen (secondary N) is 1. The molecular weight excluding hydrogens is 244 g/mol. The Morgan fingerprint density at radius 1 is 1.21 bits per heavy atom. The van der Waals surface area contributed by atoms with Crippen LogP contribution in [0.5, 0.6) is 0 Å². The highest BCUT2D eigenvalue weighted by Gasteiger charge is 2.17. The Morgan fingerprint density at radius 2 is 1.84 bits per heavy atom. The van der Waals surface area contributed by atoms with E-state index in [9.17, 15) is 9.59 Å². The second kappa shape index (κ2) is 9.78. The third-order valence-corrected chi connectivity index (χ3v) is 3.34. The molecule has 0 aliphatic heterocycles. The van der Waals surface area contributed by atoms with Gasteiger partial charge in [-0.15, -0.1) is 0 Å². The van der Waals surface area contributed by atoms with Gasteiger partial charge in [0.05, 0.1) is 6.04 Å². The average Bonchev–Trinajstić information content (AvgIpc) is 2.34. The van der Waals surface area contributed by atoms with E-state index in [0.29, 0.717) is 18.9 Å². The molecule has 0 aliphatic carbocycles. The summed E-state index contributed by atoms with van der Waals surface area (Å²) >= 11 is 0. The molecule has 0 aromatic carbocycles. The molecule has 0 radical (unpaired) electrons. The van der Waals surface area contributed by atoms with Gasteiger partial charge in [0.2, 0.25) is 5.91 Å². The van der Waals surface area contributed by atoms with Crippen molar-refractivity contribution < 1.29 is 14.7 Å². The Morgan fingerprint density at radius 3 is 2.32 bits per heavy atom. The smallest absolute Gasteiger partial charge is 0.303 e. The number of carboxylic acids is 1. The molecule has 0 aromatic heterocycles. The minimum absolute atomic E-state index is 0.122. The van der Waals surface area contributed by atoms with Crippen LogP contribution in [0.3, 0.4) is 0 Å². The van der Waals surface area contributed by atoms with Crippen molar-refractivity contribution in [1.82, 2.24) is 5.32 Å². The van der Waals surface area contributed by atoms with Crippen LogP contribution in [0.25, 0.3) is 0 Å². The first-order chi connectivity index (χ1) is 8.88. The highest BCUT2D eigenvalue weighted by molar-refractivity contribution is 5.81. The van der Waals surface area contributed by atoms with E-state index in [1.807, 2.05) is 13.8 Å². The highest BCUT2D eigenvalue weighted by atomic mass is 16.4. The van der Waals surface area contributed by atoms with Crippen LogP contribution in [0.2, 0.25) is 0 Å². The lowest BCUT2D eigenvalue weighted by Crippen LogP contribution is -2.44. The number of hydrogen-bond donors (Lipinski definition) is 3. The summed E-state index contributed by atoms with van der Waals surface area (Å²) < 4.78 is 0. The minimum Gasteiger partial charge on any atom is -0.481 e. The monoisotopic (exact) mass is 272 g/mol. The molecular formula is C14H28N2O3. The second-order valence-electron chi connectivity index (χ2n) is 5.44. The third-order valence-electron chi connectivity index (χ3n) is 3.34. The van der Waals surface area contributed by atoms with E-state index in [4.69, 9.17) is 10.8 Å². The topological polar surface area (TPSA) is 92.4 Å². The number of hydrogen-bond acceptors (Lipinski definition) is 3. The zero-order chi connectivity index (χ0) is 14.8. The third kappa shape index (κ3) is 8.59. The Hall–Kier alpha value is -1.10. The van der Waals surface area contributed by atoms with Crippen molar-refractivity contribution in [2.24, 2.45) is 17.6 Å². The standard InChI is InChI=1S/C14H28N2O3/c1-4-5-11(6-7-12(17)18)8-9-16-14(19)13(15)10(2)3/h10-11,13H,4-9,15H2,1-3H3,(H,16,19)(H,17,18)/t11?,13-/m0/s1. The molecule has 1 amide bonds. The van der Waals surface area contributed by atoms with Gasteiger partial charge in [-0.1, -0.05) is 33.6 Å². The maximum Gasteiger partial charge on any atom is 0.303 e. The first-order valence-electron chi connectivity index (χ1n) is 7.13. The Bertz CT molecular complexity index is 280. The van der Waals surface area contributed by atoms with Crippen LogP contribution in [0.4, 0.5) is 0 Å². The van der Waals surface area contributed by atoms with Gasteiger partial charge in [-0.05, 0) is 24.7 Å². The van der Waals surface area contributed by atoms with Gasteiger partial charge in [0, 0.05) is 13.0 Å².